The molecule has 0 radical (unpaired) electrons. The fraction of sp³-hybridized carbons (Fsp3) is 0.667. The first kappa shape index (κ1) is 15.4. The van der Waals surface area contributed by atoms with Crippen LogP contribution in [0.15, 0.2) is 0 Å². The van der Waals surface area contributed by atoms with E-state index in [-0.39, 0.29) is 23.7 Å². The Kier molecular flexibility index (Phi) is 5.70. The molecule has 0 atom stereocenters. The fourth-order valence-corrected chi connectivity index (χ4v) is 1.90. The first-order valence-corrected chi connectivity index (χ1v) is 7.77. The number of ether oxygens (including phenoxy) is 1. The van der Waals surface area contributed by atoms with Gasteiger partial charge in [-0.3, -0.25) is 5.43 Å². The van der Waals surface area contributed by atoms with Crippen molar-refractivity contribution in [1.29, 1.82) is 0 Å². The van der Waals surface area contributed by atoms with Gasteiger partial charge in [-0.05, 0) is 13.3 Å². The largest absolute Gasteiger partial charge is 0.464 e. The third kappa shape index (κ3) is 6.15. The second-order valence-electron chi connectivity index (χ2n) is 3.75. The predicted octanol–water partition coefficient (Wildman–Crippen LogP) is -0.597. The van der Waals surface area contributed by atoms with Crippen molar-refractivity contribution in [2.24, 2.45) is 5.84 Å². The van der Waals surface area contributed by atoms with Gasteiger partial charge in [0.05, 0.1) is 12.4 Å². The van der Waals surface area contributed by atoms with E-state index in [9.17, 15) is 8.42 Å². The van der Waals surface area contributed by atoms with Crippen LogP contribution in [0, 0.1) is 0 Å². The Hall–Kier alpha value is -1.68. The molecule has 0 amide bonds. The summed E-state index contributed by atoms with van der Waals surface area (Å²) >= 11 is 0. The summed E-state index contributed by atoms with van der Waals surface area (Å²) in [6, 6.07) is 0.149. The Labute approximate surface area is 111 Å². The van der Waals surface area contributed by atoms with Crippen molar-refractivity contribution in [2.75, 3.05) is 35.9 Å². The lowest BCUT2D eigenvalue weighted by atomic mass is 10.5. The quantitative estimate of drug-likeness (QED) is 0.326. The number of hydrogen-bond donors (Lipinski definition) is 3. The minimum atomic E-state index is -2.96. The molecule has 1 heterocycles. The summed E-state index contributed by atoms with van der Waals surface area (Å²) in [6.07, 6.45) is 1.65. The Morgan fingerprint density at radius 2 is 1.95 bits per heavy atom. The van der Waals surface area contributed by atoms with Gasteiger partial charge >= 0.3 is 6.01 Å². The zero-order valence-corrected chi connectivity index (χ0v) is 11.7. The van der Waals surface area contributed by atoms with Crippen LogP contribution < -0.4 is 21.3 Å². The van der Waals surface area contributed by atoms with Crippen LogP contribution in [0.3, 0.4) is 0 Å². The van der Waals surface area contributed by atoms with Crippen molar-refractivity contribution in [2.45, 2.75) is 13.3 Å². The molecule has 0 aliphatic rings. The van der Waals surface area contributed by atoms with E-state index in [0.717, 1.165) is 0 Å². The van der Waals surface area contributed by atoms with E-state index in [1.54, 1.807) is 6.92 Å². The molecule has 0 aliphatic heterocycles. The summed E-state index contributed by atoms with van der Waals surface area (Å²) in [5.74, 6) is 5.78. The van der Waals surface area contributed by atoms with Gasteiger partial charge in [0.2, 0.25) is 11.9 Å². The molecule has 9 nitrogen and oxygen atoms in total. The number of nitrogens with zero attached hydrogens (tertiary/aromatic N) is 3. The Morgan fingerprint density at radius 1 is 1.26 bits per heavy atom. The molecule has 0 bridgehead atoms. The highest BCUT2D eigenvalue weighted by atomic mass is 32.2. The van der Waals surface area contributed by atoms with E-state index in [2.05, 4.69) is 25.7 Å². The maximum absolute atomic E-state index is 11.0. The molecule has 0 saturated carbocycles. The lowest BCUT2D eigenvalue weighted by Crippen LogP contribution is -2.16. The number of aromatic nitrogens is 3. The molecule has 0 aromatic carbocycles. The van der Waals surface area contributed by atoms with E-state index < -0.39 is 9.84 Å². The lowest BCUT2D eigenvalue weighted by Gasteiger charge is -2.08. The summed E-state index contributed by atoms with van der Waals surface area (Å²) in [5, 5.41) is 2.89. The third-order valence-electron chi connectivity index (χ3n) is 1.99. The van der Waals surface area contributed by atoms with Gasteiger partial charge in [0, 0.05) is 12.8 Å². The van der Waals surface area contributed by atoms with Crippen LogP contribution in [0.1, 0.15) is 13.3 Å². The first-order chi connectivity index (χ1) is 8.94. The van der Waals surface area contributed by atoms with E-state index >= 15 is 0 Å². The van der Waals surface area contributed by atoms with Gasteiger partial charge < -0.3 is 10.1 Å². The highest BCUT2D eigenvalue weighted by molar-refractivity contribution is 7.90. The zero-order chi connectivity index (χ0) is 14.3. The lowest BCUT2D eigenvalue weighted by molar-refractivity contribution is 0.312. The average Bonchev–Trinajstić information content (AvgIpc) is 2.34. The number of anilines is 2. The summed E-state index contributed by atoms with van der Waals surface area (Å²) in [7, 11) is -2.96. The average molecular weight is 290 g/mol. The predicted molar refractivity (Wildman–Crippen MR) is 71.6 cm³/mol. The molecule has 0 unspecified atom stereocenters. The van der Waals surface area contributed by atoms with Crippen molar-refractivity contribution >= 4 is 21.7 Å². The van der Waals surface area contributed by atoms with Gasteiger partial charge in [-0.25, -0.2) is 14.3 Å². The number of hydrazine groups is 1. The van der Waals surface area contributed by atoms with E-state index in [1.807, 2.05) is 0 Å². The van der Waals surface area contributed by atoms with Crippen molar-refractivity contribution in [3.63, 3.8) is 0 Å². The van der Waals surface area contributed by atoms with Crippen LogP contribution in [0.5, 0.6) is 6.01 Å². The van der Waals surface area contributed by atoms with Crippen LogP contribution in [-0.4, -0.2) is 48.5 Å². The molecule has 0 aliphatic carbocycles. The van der Waals surface area contributed by atoms with Gasteiger partial charge in [-0.15, -0.1) is 0 Å². The van der Waals surface area contributed by atoms with Crippen LogP contribution in [0.4, 0.5) is 11.9 Å². The topological polar surface area (TPSA) is 132 Å². The minimum Gasteiger partial charge on any atom is -0.464 e. The maximum Gasteiger partial charge on any atom is 0.323 e. The number of sulfone groups is 1. The number of nitrogen functional groups attached to an aromatic ring is 1. The molecule has 10 heteroatoms. The second kappa shape index (κ2) is 7.04. The van der Waals surface area contributed by atoms with Crippen molar-refractivity contribution in [3.05, 3.63) is 0 Å². The van der Waals surface area contributed by atoms with E-state index in [1.165, 1.54) is 6.26 Å². The van der Waals surface area contributed by atoms with Gasteiger partial charge in [0.25, 0.3) is 0 Å². The molecular weight excluding hydrogens is 272 g/mol. The van der Waals surface area contributed by atoms with E-state index in [0.29, 0.717) is 19.6 Å². The third-order valence-corrected chi connectivity index (χ3v) is 3.02. The fourth-order valence-electron chi connectivity index (χ4n) is 1.23. The Morgan fingerprint density at radius 3 is 2.53 bits per heavy atom. The maximum atomic E-state index is 11.0. The minimum absolute atomic E-state index is 0.103. The molecule has 0 saturated heterocycles. The molecule has 0 fully saturated rings. The summed E-state index contributed by atoms with van der Waals surface area (Å²) < 4.78 is 27.1. The van der Waals surface area contributed by atoms with Crippen LogP contribution in [0.2, 0.25) is 0 Å². The van der Waals surface area contributed by atoms with Crippen LogP contribution in [-0.2, 0) is 9.84 Å². The standard InChI is InChI=1S/C9H18N6O3S/c1-3-18-9-13-7(12-8(14-9)15-10)11-5-4-6-19(2,16)17/h3-6,10H2,1-2H3,(H2,11,12,13,14,15). The second-order valence-corrected chi connectivity index (χ2v) is 6.01. The molecule has 19 heavy (non-hydrogen) atoms. The smallest absolute Gasteiger partial charge is 0.323 e. The monoisotopic (exact) mass is 290 g/mol. The SMILES string of the molecule is CCOc1nc(NN)nc(NCCCS(C)(=O)=O)n1. The Bertz CT molecular complexity index is 507. The number of hydrogen-bond acceptors (Lipinski definition) is 9. The molecule has 4 N–H and O–H groups in total. The van der Waals surface area contributed by atoms with Crippen LogP contribution >= 0.6 is 0 Å². The van der Waals surface area contributed by atoms with Crippen molar-refractivity contribution in [3.8, 4) is 6.01 Å². The molecule has 1 rings (SSSR count). The highest BCUT2D eigenvalue weighted by Gasteiger charge is 2.07. The number of nitrogens with one attached hydrogen (secondary N) is 2. The van der Waals surface area contributed by atoms with Gasteiger partial charge in [0.1, 0.15) is 9.84 Å². The molecule has 1 aromatic rings. The zero-order valence-electron chi connectivity index (χ0n) is 10.9. The summed E-state index contributed by atoms with van der Waals surface area (Å²) in [5.41, 5.74) is 2.30. The number of nitrogens with two attached hydrogens (primary N) is 1. The van der Waals surface area contributed by atoms with E-state index in [4.69, 9.17) is 10.6 Å². The highest BCUT2D eigenvalue weighted by Crippen LogP contribution is 2.10. The van der Waals surface area contributed by atoms with Gasteiger partial charge in [-0.1, -0.05) is 0 Å². The van der Waals surface area contributed by atoms with Gasteiger partial charge in [-0.2, -0.15) is 15.0 Å². The van der Waals surface area contributed by atoms with Crippen molar-refractivity contribution < 1.29 is 13.2 Å². The van der Waals surface area contributed by atoms with Gasteiger partial charge in [0.15, 0.2) is 0 Å². The molecular formula is C9H18N6O3S. The number of rotatable bonds is 8. The van der Waals surface area contributed by atoms with Crippen LogP contribution in [0.25, 0.3) is 0 Å². The normalized spacial score (nSPS) is 11.1. The summed E-state index contributed by atoms with van der Waals surface area (Å²) in [6.45, 7) is 2.65. The summed E-state index contributed by atoms with van der Waals surface area (Å²) in [4.78, 5) is 11.9. The molecule has 0 spiro atoms. The molecule has 108 valence electrons. The van der Waals surface area contributed by atoms with Crippen molar-refractivity contribution in [1.82, 2.24) is 15.0 Å². The Balaban J connectivity index is 2.59. The first-order valence-electron chi connectivity index (χ1n) is 5.71. The molecule has 1 aromatic heterocycles.